The second-order valence-electron chi connectivity index (χ2n) is 7.52. The Balaban J connectivity index is 1.46. The maximum Gasteiger partial charge on any atom is 0.131 e. The van der Waals surface area contributed by atoms with Gasteiger partial charge in [0.2, 0.25) is 0 Å². The first-order chi connectivity index (χ1) is 13.3. The minimum atomic E-state index is 0.0757. The van der Waals surface area contributed by atoms with Crippen LogP contribution in [0.5, 0.6) is 11.5 Å². The van der Waals surface area contributed by atoms with Crippen molar-refractivity contribution >= 4 is 5.69 Å². The van der Waals surface area contributed by atoms with E-state index in [1.54, 1.807) is 6.07 Å². The largest absolute Gasteiger partial charge is 0.508 e. The lowest BCUT2D eigenvalue weighted by molar-refractivity contribution is 0.0935. The quantitative estimate of drug-likeness (QED) is 0.684. The van der Waals surface area contributed by atoms with Crippen LogP contribution in [-0.2, 0) is 12.8 Å². The maximum atomic E-state index is 10.1. The number of anilines is 1. The van der Waals surface area contributed by atoms with Crippen LogP contribution in [0.15, 0.2) is 72.8 Å². The molecule has 0 aliphatic carbocycles. The van der Waals surface area contributed by atoms with Gasteiger partial charge < -0.3 is 15.2 Å². The highest BCUT2D eigenvalue weighted by Crippen LogP contribution is 2.46. The van der Waals surface area contributed by atoms with Gasteiger partial charge in [-0.2, -0.15) is 0 Å². The Kier molecular flexibility index (Phi) is 4.01. The van der Waals surface area contributed by atoms with Gasteiger partial charge in [-0.25, -0.2) is 0 Å². The van der Waals surface area contributed by atoms with Crippen LogP contribution in [-0.4, -0.2) is 11.1 Å². The average molecular weight is 357 g/mol. The van der Waals surface area contributed by atoms with E-state index in [0.717, 1.165) is 30.6 Å². The number of phenolic OH excluding ortho intramolecular Hbond substituents is 1. The zero-order valence-electron chi connectivity index (χ0n) is 15.1. The molecule has 3 atom stereocenters. The average Bonchev–Trinajstić information content (AvgIpc) is 2.72. The van der Waals surface area contributed by atoms with E-state index in [1.165, 1.54) is 16.8 Å². The summed E-state index contributed by atoms with van der Waals surface area (Å²) >= 11 is 0. The Morgan fingerprint density at radius 2 is 1.70 bits per heavy atom. The molecule has 2 heterocycles. The molecule has 0 aromatic heterocycles. The lowest BCUT2D eigenvalue weighted by Gasteiger charge is -2.44. The number of nitrogens with one attached hydrogen (secondary N) is 1. The normalized spacial score (nSPS) is 22.6. The Hall–Kier alpha value is -2.94. The lowest BCUT2D eigenvalue weighted by atomic mass is 9.77. The Morgan fingerprint density at radius 3 is 2.63 bits per heavy atom. The van der Waals surface area contributed by atoms with Crippen LogP contribution in [0, 0.1) is 5.92 Å². The van der Waals surface area contributed by atoms with E-state index < -0.39 is 0 Å². The summed E-state index contributed by atoms with van der Waals surface area (Å²) in [7, 11) is 0. The van der Waals surface area contributed by atoms with Crippen molar-refractivity contribution in [3.05, 3.63) is 89.5 Å². The number of hydrogen-bond acceptors (Lipinski definition) is 3. The summed E-state index contributed by atoms with van der Waals surface area (Å²) in [5.41, 5.74) is 4.70. The molecule has 136 valence electrons. The highest BCUT2D eigenvalue weighted by molar-refractivity contribution is 5.57. The molecule has 2 aliphatic heterocycles. The van der Waals surface area contributed by atoms with Gasteiger partial charge in [0.15, 0.2) is 0 Å². The first kappa shape index (κ1) is 16.2. The molecule has 3 heteroatoms. The molecule has 0 radical (unpaired) electrons. The molecule has 3 nitrogen and oxygen atoms in total. The van der Waals surface area contributed by atoms with E-state index in [4.69, 9.17) is 4.74 Å². The zero-order chi connectivity index (χ0) is 18.2. The summed E-state index contributed by atoms with van der Waals surface area (Å²) < 4.78 is 6.48. The van der Waals surface area contributed by atoms with Crippen LogP contribution in [0.25, 0.3) is 0 Å². The van der Waals surface area contributed by atoms with Gasteiger partial charge in [0.1, 0.15) is 17.6 Å². The van der Waals surface area contributed by atoms with E-state index in [0.29, 0.717) is 17.7 Å². The molecule has 0 amide bonds. The molecule has 5 rings (SSSR count). The monoisotopic (exact) mass is 357 g/mol. The van der Waals surface area contributed by atoms with Gasteiger partial charge >= 0.3 is 0 Å². The van der Waals surface area contributed by atoms with E-state index in [1.807, 2.05) is 24.3 Å². The summed E-state index contributed by atoms with van der Waals surface area (Å²) in [6.07, 6.45) is 2.88. The molecule has 0 fully saturated rings. The molecule has 2 N–H and O–H groups in total. The zero-order valence-corrected chi connectivity index (χ0v) is 15.1. The van der Waals surface area contributed by atoms with Crippen molar-refractivity contribution in [2.45, 2.75) is 31.4 Å². The first-order valence-corrected chi connectivity index (χ1v) is 9.66. The molecule has 2 aliphatic rings. The van der Waals surface area contributed by atoms with Crippen molar-refractivity contribution in [1.82, 2.24) is 0 Å². The van der Waals surface area contributed by atoms with Gasteiger partial charge in [0, 0.05) is 23.2 Å². The molecular formula is C24H23NO2. The standard InChI is InChI=1S/C24H23NO2/c26-22-11-5-1-7-16(22)13-14-21-19-15-17-8-2-6-12-23(17)27-24(19)18-9-3-4-10-20(18)25-21/h1-12,19,21,24-26H,13-15H2/t19-,21+,24+/m0/s1. The molecular weight excluding hydrogens is 334 g/mol. The Labute approximate surface area is 159 Å². The molecule has 0 bridgehead atoms. The first-order valence-electron chi connectivity index (χ1n) is 9.66. The fourth-order valence-electron chi connectivity index (χ4n) is 4.52. The summed E-state index contributed by atoms with van der Waals surface area (Å²) in [5, 5.41) is 13.9. The van der Waals surface area contributed by atoms with E-state index in [9.17, 15) is 5.11 Å². The molecule has 0 spiro atoms. The molecule has 0 saturated carbocycles. The fraction of sp³-hybridized carbons (Fsp3) is 0.250. The highest BCUT2D eigenvalue weighted by atomic mass is 16.5. The second kappa shape index (κ2) is 6.66. The van der Waals surface area contributed by atoms with Gasteiger partial charge in [-0.1, -0.05) is 54.6 Å². The van der Waals surface area contributed by atoms with Crippen molar-refractivity contribution in [3.63, 3.8) is 0 Å². The predicted molar refractivity (Wildman–Crippen MR) is 107 cm³/mol. The lowest BCUT2D eigenvalue weighted by Crippen LogP contribution is -2.43. The minimum Gasteiger partial charge on any atom is -0.508 e. The Bertz CT molecular complexity index is 968. The number of benzene rings is 3. The van der Waals surface area contributed by atoms with Gasteiger partial charge in [-0.3, -0.25) is 0 Å². The van der Waals surface area contributed by atoms with Crippen LogP contribution in [0.1, 0.15) is 29.2 Å². The number of fused-ring (bicyclic) bond motifs is 4. The fourth-order valence-corrected chi connectivity index (χ4v) is 4.52. The smallest absolute Gasteiger partial charge is 0.131 e. The summed E-state index contributed by atoms with van der Waals surface area (Å²) in [6, 6.07) is 24.8. The van der Waals surface area contributed by atoms with Crippen LogP contribution >= 0.6 is 0 Å². The summed E-state index contributed by atoms with van der Waals surface area (Å²) in [6.45, 7) is 0. The van der Waals surface area contributed by atoms with Crippen molar-refractivity contribution in [3.8, 4) is 11.5 Å². The number of ether oxygens (including phenoxy) is 1. The Morgan fingerprint density at radius 1 is 0.926 bits per heavy atom. The van der Waals surface area contributed by atoms with E-state index in [2.05, 4.69) is 47.8 Å². The van der Waals surface area contributed by atoms with Gasteiger partial charge in [0.05, 0.1) is 0 Å². The number of para-hydroxylation sites is 3. The van der Waals surface area contributed by atoms with Crippen LogP contribution in [0.2, 0.25) is 0 Å². The maximum absolute atomic E-state index is 10.1. The molecule has 0 unspecified atom stereocenters. The number of aromatic hydroxyl groups is 1. The van der Waals surface area contributed by atoms with Crippen molar-refractivity contribution in [2.75, 3.05) is 5.32 Å². The number of aryl methyl sites for hydroxylation is 1. The SMILES string of the molecule is Oc1ccccc1CC[C@H]1Nc2ccccc2[C@H]2Oc3ccccc3C[C@H]21. The summed E-state index contributed by atoms with van der Waals surface area (Å²) in [4.78, 5) is 0. The third-order valence-electron chi connectivity index (χ3n) is 5.91. The predicted octanol–water partition coefficient (Wildman–Crippen LogP) is 5.11. The highest BCUT2D eigenvalue weighted by Gasteiger charge is 2.40. The number of phenols is 1. The minimum absolute atomic E-state index is 0.0757. The molecule has 27 heavy (non-hydrogen) atoms. The van der Waals surface area contributed by atoms with Crippen molar-refractivity contribution < 1.29 is 9.84 Å². The topological polar surface area (TPSA) is 41.5 Å². The van der Waals surface area contributed by atoms with Gasteiger partial charge in [-0.15, -0.1) is 0 Å². The number of hydrogen-bond donors (Lipinski definition) is 2. The van der Waals surface area contributed by atoms with Crippen LogP contribution in [0.4, 0.5) is 5.69 Å². The summed E-state index contributed by atoms with van der Waals surface area (Å²) in [5.74, 6) is 1.77. The molecule has 0 saturated heterocycles. The van der Waals surface area contributed by atoms with Crippen molar-refractivity contribution in [2.24, 2.45) is 5.92 Å². The third-order valence-corrected chi connectivity index (χ3v) is 5.91. The van der Waals surface area contributed by atoms with E-state index in [-0.39, 0.29) is 6.10 Å². The molecule has 3 aromatic rings. The molecule has 3 aromatic carbocycles. The third kappa shape index (κ3) is 2.93. The second-order valence-corrected chi connectivity index (χ2v) is 7.52. The van der Waals surface area contributed by atoms with Gasteiger partial charge in [-0.05, 0) is 48.6 Å². The van der Waals surface area contributed by atoms with E-state index >= 15 is 0 Å². The van der Waals surface area contributed by atoms with Crippen LogP contribution in [0.3, 0.4) is 0 Å². The van der Waals surface area contributed by atoms with Crippen LogP contribution < -0.4 is 10.1 Å². The number of rotatable bonds is 3. The van der Waals surface area contributed by atoms with Crippen molar-refractivity contribution in [1.29, 1.82) is 0 Å². The van der Waals surface area contributed by atoms with Gasteiger partial charge in [0.25, 0.3) is 0 Å².